The Kier molecular flexibility index (Phi) is 5.05. The minimum Gasteiger partial charge on any atom is -0.300 e. The molecule has 3 aromatic rings. The molecule has 2 unspecified atom stereocenters. The van der Waals surface area contributed by atoms with Crippen LogP contribution in [0.1, 0.15) is 49.4 Å². The summed E-state index contributed by atoms with van der Waals surface area (Å²) >= 11 is 0. The highest BCUT2D eigenvalue weighted by molar-refractivity contribution is 6.08. The maximum absolute atomic E-state index is 13.9. The Morgan fingerprint density at radius 1 is 0.969 bits per heavy atom. The van der Waals surface area contributed by atoms with Crippen molar-refractivity contribution >= 4 is 17.9 Å². The number of hydrogen-bond acceptors (Lipinski definition) is 2. The number of carbonyl (C=O) groups is 2. The second-order valence-corrected chi connectivity index (χ2v) is 8.08. The van der Waals surface area contributed by atoms with Crippen molar-refractivity contribution in [2.45, 2.75) is 18.9 Å². The fourth-order valence-corrected chi connectivity index (χ4v) is 4.64. The second-order valence-electron chi connectivity index (χ2n) is 8.08. The van der Waals surface area contributed by atoms with Crippen LogP contribution < -0.4 is 4.90 Å². The fraction of sp³-hybridized carbons (Fsp3) is 0.103. The number of aryl methyl sites for hydroxylation is 1. The van der Waals surface area contributed by atoms with Gasteiger partial charge in [-0.3, -0.25) is 14.5 Å². The number of aldehydes is 1. The number of allylic oxidation sites excluding steroid dienone is 3. The number of amides is 1. The Morgan fingerprint density at radius 2 is 1.81 bits per heavy atom. The first kappa shape index (κ1) is 19.8. The van der Waals surface area contributed by atoms with Gasteiger partial charge in [-0.25, -0.2) is 0 Å². The van der Waals surface area contributed by atoms with E-state index in [-0.39, 0.29) is 17.9 Å². The lowest BCUT2D eigenvalue weighted by Crippen LogP contribution is -2.33. The number of hydrogen-bond donors (Lipinski definition) is 0. The van der Waals surface area contributed by atoms with Crippen molar-refractivity contribution in [2.24, 2.45) is 0 Å². The van der Waals surface area contributed by atoms with Gasteiger partial charge in [0.15, 0.2) is 0 Å². The fourth-order valence-electron chi connectivity index (χ4n) is 4.64. The molecule has 32 heavy (non-hydrogen) atoms. The lowest BCUT2D eigenvalue weighted by Gasteiger charge is -2.30. The van der Waals surface area contributed by atoms with Crippen LogP contribution in [0.5, 0.6) is 0 Å². The molecule has 0 radical (unpaired) electrons. The highest BCUT2D eigenvalue weighted by Gasteiger charge is 2.44. The van der Waals surface area contributed by atoms with Gasteiger partial charge in [-0.2, -0.15) is 0 Å². The molecule has 0 saturated carbocycles. The molecule has 0 aromatic heterocycles. The SMILES string of the molecule is Cc1cccc(C(=O)N2c3ccc(C=O)cc3C(C3=CC=C=C=C3)C2c2ccccc2)c1. The first-order valence-electron chi connectivity index (χ1n) is 10.6. The highest BCUT2D eigenvalue weighted by atomic mass is 16.2. The van der Waals surface area contributed by atoms with Crippen molar-refractivity contribution in [3.8, 4) is 0 Å². The van der Waals surface area contributed by atoms with Crippen molar-refractivity contribution < 1.29 is 9.59 Å². The maximum Gasteiger partial charge on any atom is 0.258 e. The van der Waals surface area contributed by atoms with Gasteiger partial charge < -0.3 is 0 Å². The van der Waals surface area contributed by atoms with Crippen LogP contribution in [0, 0.1) is 6.92 Å². The Bertz CT molecular complexity index is 1350. The average molecular weight is 415 g/mol. The topological polar surface area (TPSA) is 37.4 Å². The van der Waals surface area contributed by atoms with Crippen LogP contribution >= 0.6 is 0 Å². The van der Waals surface area contributed by atoms with Crippen LogP contribution in [0.25, 0.3) is 0 Å². The molecule has 1 aliphatic carbocycles. The predicted molar refractivity (Wildman–Crippen MR) is 126 cm³/mol. The Hall–Kier alpha value is -4.16. The molecule has 2 atom stereocenters. The van der Waals surface area contributed by atoms with E-state index in [9.17, 15) is 9.59 Å². The van der Waals surface area contributed by atoms with E-state index in [2.05, 4.69) is 23.6 Å². The zero-order chi connectivity index (χ0) is 22.1. The highest BCUT2D eigenvalue weighted by Crippen LogP contribution is 2.53. The molecule has 0 fully saturated rings. The summed E-state index contributed by atoms with van der Waals surface area (Å²) in [6.07, 6.45) is 6.62. The first-order chi connectivity index (χ1) is 15.7. The third-order valence-corrected chi connectivity index (χ3v) is 6.04. The molecule has 0 N–H and O–H groups in total. The summed E-state index contributed by atoms with van der Waals surface area (Å²) in [6, 6.07) is 23.1. The van der Waals surface area contributed by atoms with Gasteiger partial charge in [0.1, 0.15) is 6.29 Å². The van der Waals surface area contributed by atoms with E-state index in [1.54, 1.807) is 6.07 Å². The van der Waals surface area contributed by atoms with Gasteiger partial charge in [0.25, 0.3) is 5.91 Å². The van der Waals surface area contributed by atoms with E-state index in [1.807, 2.05) is 84.6 Å². The van der Waals surface area contributed by atoms with Crippen molar-refractivity contribution in [3.05, 3.63) is 136 Å². The third kappa shape index (κ3) is 3.36. The van der Waals surface area contributed by atoms with Crippen molar-refractivity contribution in [3.63, 3.8) is 0 Å². The molecule has 0 spiro atoms. The first-order valence-corrected chi connectivity index (χ1v) is 10.6. The molecule has 1 heterocycles. The Balaban J connectivity index is 1.74. The third-order valence-electron chi connectivity index (χ3n) is 6.04. The van der Waals surface area contributed by atoms with E-state index < -0.39 is 0 Å². The summed E-state index contributed by atoms with van der Waals surface area (Å²) in [5.74, 6) is -0.191. The van der Waals surface area contributed by atoms with E-state index in [0.29, 0.717) is 11.1 Å². The molecular formula is C29H21NO2. The van der Waals surface area contributed by atoms with E-state index in [1.165, 1.54) is 0 Å². The molecule has 0 saturated heterocycles. The van der Waals surface area contributed by atoms with Gasteiger partial charge in [-0.1, -0.05) is 59.5 Å². The quantitative estimate of drug-likeness (QED) is 0.381. The summed E-state index contributed by atoms with van der Waals surface area (Å²) in [6.45, 7) is 1.98. The number of fused-ring (bicyclic) bond motifs is 1. The number of anilines is 1. The number of rotatable bonds is 4. The normalized spacial score (nSPS) is 18.4. The standard InChI is InChI=1S/C29H21NO2/c1-20-9-8-14-24(17-20)29(32)30-26-16-15-21(19-31)18-25(26)27(22-10-4-2-5-11-22)28(30)23-12-6-3-7-13-23/h3-4,6-19,27-28H,1H3. The number of nitrogens with zero attached hydrogens (tertiary/aromatic N) is 1. The van der Waals surface area contributed by atoms with Gasteiger partial charge in [0.05, 0.1) is 6.04 Å². The largest absolute Gasteiger partial charge is 0.300 e. The molecular weight excluding hydrogens is 394 g/mol. The summed E-state index contributed by atoms with van der Waals surface area (Å²) in [5.41, 5.74) is 12.1. The molecule has 3 nitrogen and oxygen atoms in total. The van der Waals surface area contributed by atoms with Crippen LogP contribution in [0.15, 0.2) is 108 Å². The van der Waals surface area contributed by atoms with Crippen LogP contribution in [-0.2, 0) is 0 Å². The van der Waals surface area contributed by atoms with E-state index in [4.69, 9.17) is 0 Å². The average Bonchev–Trinajstić information content (AvgIpc) is 3.19. The van der Waals surface area contributed by atoms with Gasteiger partial charge in [0, 0.05) is 22.7 Å². The van der Waals surface area contributed by atoms with Crippen LogP contribution in [0.3, 0.4) is 0 Å². The van der Waals surface area contributed by atoms with Gasteiger partial charge >= 0.3 is 0 Å². The summed E-state index contributed by atoms with van der Waals surface area (Å²) in [7, 11) is 0. The summed E-state index contributed by atoms with van der Waals surface area (Å²) < 4.78 is 0. The summed E-state index contributed by atoms with van der Waals surface area (Å²) in [5, 5.41) is 0. The van der Waals surface area contributed by atoms with E-state index in [0.717, 1.165) is 34.2 Å². The van der Waals surface area contributed by atoms with Crippen molar-refractivity contribution in [2.75, 3.05) is 4.90 Å². The lowest BCUT2D eigenvalue weighted by atomic mass is 9.83. The minimum atomic E-state index is -0.253. The molecule has 3 heteroatoms. The van der Waals surface area contributed by atoms with E-state index >= 15 is 0 Å². The predicted octanol–water partition coefficient (Wildman–Crippen LogP) is 6.10. The number of carbonyl (C=O) groups excluding carboxylic acids is 2. The molecule has 5 rings (SSSR count). The van der Waals surface area contributed by atoms with Crippen LogP contribution in [0.4, 0.5) is 5.69 Å². The van der Waals surface area contributed by atoms with Gasteiger partial charge in [-0.15, -0.1) is 0 Å². The van der Waals surface area contributed by atoms with Crippen molar-refractivity contribution in [1.29, 1.82) is 0 Å². The van der Waals surface area contributed by atoms with Gasteiger partial charge in [0.2, 0.25) is 0 Å². The molecule has 2 aliphatic rings. The molecule has 1 amide bonds. The zero-order valence-electron chi connectivity index (χ0n) is 17.7. The van der Waals surface area contributed by atoms with Crippen LogP contribution in [0.2, 0.25) is 0 Å². The van der Waals surface area contributed by atoms with Gasteiger partial charge in [-0.05, 0) is 72.2 Å². The lowest BCUT2D eigenvalue weighted by molar-refractivity contribution is 0.0977. The maximum atomic E-state index is 13.9. The smallest absolute Gasteiger partial charge is 0.258 e. The molecule has 1 aliphatic heterocycles. The Labute approximate surface area is 187 Å². The minimum absolute atomic E-state index is 0.0587. The van der Waals surface area contributed by atoms with Crippen molar-refractivity contribution in [1.82, 2.24) is 0 Å². The second kappa shape index (κ2) is 8.17. The van der Waals surface area contributed by atoms with Crippen LogP contribution in [-0.4, -0.2) is 12.2 Å². The Morgan fingerprint density at radius 3 is 2.53 bits per heavy atom. The monoisotopic (exact) mass is 415 g/mol. The number of benzene rings is 3. The molecule has 0 bridgehead atoms. The molecule has 3 aromatic carbocycles. The summed E-state index contributed by atoms with van der Waals surface area (Å²) in [4.78, 5) is 27.4. The molecule has 154 valence electrons. The zero-order valence-corrected chi connectivity index (χ0v) is 17.7.